The number of rotatable bonds is 3. The number of hydrogen-bond donors (Lipinski definition) is 2. The quantitative estimate of drug-likeness (QED) is 0.841. The van der Waals surface area contributed by atoms with E-state index in [9.17, 15) is 5.11 Å². The molecule has 0 saturated heterocycles. The van der Waals surface area contributed by atoms with Crippen molar-refractivity contribution < 1.29 is 5.11 Å². The van der Waals surface area contributed by atoms with Gasteiger partial charge in [-0.1, -0.05) is 31.9 Å². The molecule has 2 nitrogen and oxygen atoms in total. The third kappa shape index (κ3) is 2.47. The Labute approximate surface area is 104 Å². The predicted molar refractivity (Wildman–Crippen MR) is 71.3 cm³/mol. The zero-order valence-electron chi connectivity index (χ0n) is 10.9. The summed E-state index contributed by atoms with van der Waals surface area (Å²) in [6, 6.07) is 7.81. The zero-order chi connectivity index (χ0) is 12.3. The molecule has 0 bridgehead atoms. The Bertz CT molecular complexity index is 375. The molecule has 17 heavy (non-hydrogen) atoms. The number of hydrogen-bond acceptors (Lipinski definition) is 2. The molecule has 0 amide bonds. The minimum Gasteiger partial charge on any atom is -0.508 e. The van der Waals surface area contributed by atoms with E-state index in [1.165, 1.54) is 31.2 Å². The Balaban J connectivity index is 2.30. The van der Waals surface area contributed by atoms with E-state index < -0.39 is 0 Å². The van der Waals surface area contributed by atoms with Crippen LogP contribution in [0.15, 0.2) is 24.3 Å². The van der Waals surface area contributed by atoms with Crippen molar-refractivity contribution in [3.8, 4) is 5.75 Å². The average molecular weight is 233 g/mol. The summed E-state index contributed by atoms with van der Waals surface area (Å²) in [6.07, 6.45) is 5.14. The van der Waals surface area contributed by atoms with Crippen molar-refractivity contribution in [2.24, 2.45) is 5.92 Å². The fraction of sp³-hybridized carbons (Fsp3) is 0.600. The fourth-order valence-corrected chi connectivity index (χ4v) is 3.22. The van der Waals surface area contributed by atoms with E-state index in [0.717, 1.165) is 6.54 Å². The molecule has 0 radical (unpaired) electrons. The molecular formula is C15H23NO. The lowest BCUT2D eigenvalue weighted by Crippen LogP contribution is -2.40. The fourth-order valence-electron chi connectivity index (χ4n) is 3.22. The molecule has 2 rings (SSSR count). The number of benzene rings is 1. The second-order valence-corrected chi connectivity index (χ2v) is 5.47. The summed E-state index contributed by atoms with van der Waals surface area (Å²) in [5.74, 6) is 1.06. The van der Waals surface area contributed by atoms with Gasteiger partial charge in [-0.25, -0.2) is 0 Å². The molecule has 2 atom stereocenters. The van der Waals surface area contributed by atoms with E-state index in [2.05, 4.69) is 18.3 Å². The average Bonchev–Trinajstić information content (AvgIpc) is 2.32. The van der Waals surface area contributed by atoms with Crippen LogP contribution < -0.4 is 5.32 Å². The van der Waals surface area contributed by atoms with Gasteiger partial charge in [-0.15, -0.1) is 0 Å². The lowest BCUT2D eigenvalue weighted by molar-refractivity contribution is 0.200. The summed E-state index contributed by atoms with van der Waals surface area (Å²) in [4.78, 5) is 0. The molecule has 1 fully saturated rings. The predicted octanol–water partition coefficient (Wildman–Crippen LogP) is 3.06. The highest BCUT2D eigenvalue weighted by Gasteiger charge is 2.37. The first-order valence-corrected chi connectivity index (χ1v) is 6.61. The Kier molecular flexibility index (Phi) is 3.72. The van der Waals surface area contributed by atoms with Crippen molar-refractivity contribution >= 4 is 0 Å². The first kappa shape index (κ1) is 12.4. The van der Waals surface area contributed by atoms with Crippen LogP contribution in [0.2, 0.25) is 0 Å². The Morgan fingerprint density at radius 2 is 2.24 bits per heavy atom. The maximum atomic E-state index is 9.66. The van der Waals surface area contributed by atoms with Crippen LogP contribution in [0, 0.1) is 5.92 Å². The normalized spacial score (nSPS) is 29.2. The molecule has 1 saturated carbocycles. The van der Waals surface area contributed by atoms with Gasteiger partial charge in [-0.05, 0) is 55.5 Å². The molecule has 0 unspecified atom stereocenters. The summed E-state index contributed by atoms with van der Waals surface area (Å²) in [6.45, 7) is 3.41. The Morgan fingerprint density at radius 3 is 2.94 bits per heavy atom. The third-order valence-electron chi connectivity index (χ3n) is 4.36. The SMILES string of the molecule is CNC[C@H]1CCCC[C@]1(C)c1cccc(O)c1. The molecule has 2 N–H and O–H groups in total. The Hall–Kier alpha value is -1.02. The molecular weight excluding hydrogens is 210 g/mol. The number of phenolic OH excluding ortho intramolecular Hbond substituents is 1. The van der Waals surface area contributed by atoms with Gasteiger partial charge in [-0.2, -0.15) is 0 Å². The second-order valence-electron chi connectivity index (χ2n) is 5.47. The molecule has 1 aromatic rings. The maximum absolute atomic E-state index is 9.66. The smallest absolute Gasteiger partial charge is 0.115 e. The second kappa shape index (κ2) is 5.09. The van der Waals surface area contributed by atoms with Crippen molar-refractivity contribution in [2.75, 3.05) is 13.6 Å². The molecule has 0 aromatic heterocycles. The van der Waals surface area contributed by atoms with Crippen molar-refractivity contribution in [2.45, 2.75) is 38.0 Å². The van der Waals surface area contributed by atoms with E-state index in [0.29, 0.717) is 11.7 Å². The van der Waals surface area contributed by atoms with Crippen LogP contribution >= 0.6 is 0 Å². The van der Waals surface area contributed by atoms with Crippen LogP contribution in [-0.2, 0) is 5.41 Å². The van der Waals surface area contributed by atoms with Crippen molar-refractivity contribution in [3.05, 3.63) is 29.8 Å². The molecule has 2 heteroatoms. The summed E-state index contributed by atoms with van der Waals surface area (Å²) >= 11 is 0. The van der Waals surface area contributed by atoms with Gasteiger partial charge in [0.15, 0.2) is 0 Å². The van der Waals surface area contributed by atoms with E-state index in [4.69, 9.17) is 0 Å². The zero-order valence-corrected chi connectivity index (χ0v) is 10.9. The minimum atomic E-state index is 0.208. The van der Waals surface area contributed by atoms with Crippen LogP contribution in [0.3, 0.4) is 0 Å². The lowest BCUT2D eigenvalue weighted by Gasteiger charge is -2.42. The topological polar surface area (TPSA) is 32.3 Å². The van der Waals surface area contributed by atoms with Gasteiger partial charge < -0.3 is 10.4 Å². The summed E-state index contributed by atoms with van der Waals surface area (Å²) < 4.78 is 0. The van der Waals surface area contributed by atoms with E-state index in [1.807, 2.05) is 19.2 Å². The highest BCUT2D eigenvalue weighted by atomic mass is 16.3. The van der Waals surface area contributed by atoms with E-state index >= 15 is 0 Å². The van der Waals surface area contributed by atoms with Gasteiger partial charge in [0.05, 0.1) is 0 Å². The molecule has 1 aliphatic carbocycles. The molecule has 0 heterocycles. The lowest BCUT2D eigenvalue weighted by atomic mass is 9.64. The van der Waals surface area contributed by atoms with Crippen LogP contribution in [0.25, 0.3) is 0 Å². The molecule has 1 aliphatic rings. The van der Waals surface area contributed by atoms with Crippen molar-refractivity contribution in [3.63, 3.8) is 0 Å². The standard InChI is InChI=1S/C15H23NO/c1-15(12-7-5-8-14(17)10-12)9-4-3-6-13(15)11-16-2/h5,7-8,10,13,16-17H,3-4,6,9,11H2,1-2H3/t13-,15-/m1/s1. The molecule has 94 valence electrons. The van der Waals surface area contributed by atoms with Gasteiger partial charge in [-0.3, -0.25) is 0 Å². The molecule has 0 spiro atoms. The van der Waals surface area contributed by atoms with Crippen LogP contribution in [0.4, 0.5) is 0 Å². The van der Waals surface area contributed by atoms with Crippen molar-refractivity contribution in [1.29, 1.82) is 0 Å². The summed E-state index contributed by atoms with van der Waals surface area (Å²) in [7, 11) is 2.03. The molecule has 1 aromatic carbocycles. The highest BCUT2D eigenvalue weighted by molar-refractivity contribution is 5.33. The summed E-state index contributed by atoms with van der Waals surface area (Å²) in [5, 5.41) is 13.0. The van der Waals surface area contributed by atoms with Crippen LogP contribution in [0.1, 0.15) is 38.2 Å². The van der Waals surface area contributed by atoms with Crippen molar-refractivity contribution in [1.82, 2.24) is 5.32 Å². The van der Waals surface area contributed by atoms with Crippen LogP contribution in [0.5, 0.6) is 5.75 Å². The largest absolute Gasteiger partial charge is 0.508 e. The Morgan fingerprint density at radius 1 is 1.41 bits per heavy atom. The first-order chi connectivity index (χ1) is 8.16. The van der Waals surface area contributed by atoms with Gasteiger partial charge in [0.1, 0.15) is 5.75 Å². The first-order valence-electron chi connectivity index (χ1n) is 6.61. The highest BCUT2D eigenvalue weighted by Crippen LogP contribution is 2.43. The minimum absolute atomic E-state index is 0.208. The van der Waals surface area contributed by atoms with E-state index in [-0.39, 0.29) is 5.41 Å². The van der Waals surface area contributed by atoms with E-state index in [1.54, 1.807) is 6.07 Å². The summed E-state index contributed by atoms with van der Waals surface area (Å²) in [5.41, 5.74) is 1.50. The number of phenols is 1. The van der Waals surface area contributed by atoms with Gasteiger partial charge in [0.25, 0.3) is 0 Å². The molecule has 0 aliphatic heterocycles. The number of aromatic hydroxyl groups is 1. The monoisotopic (exact) mass is 233 g/mol. The number of nitrogens with one attached hydrogen (secondary N) is 1. The third-order valence-corrected chi connectivity index (χ3v) is 4.36. The van der Waals surface area contributed by atoms with Crippen LogP contribution in [-0.4, -0.2) is 18.7 Å². The maximum Gasteiger partial charge on any atom is 0.115 e. The van der Waals surface area contributed by atoms with Gasteiger partial charge in [0, 0.05) is 0 Å². The van der Waals surface area contributed by atoms with Gasteiger partial charge >= 0.3 is 0 Å². The van der Waals surface area contributed by atoms with Gasteiger partial charge in [0.2, 0.25) is 0 Å².